The maximum absolute atomic E-state index is 13.5. The van der Waals surface area contributed by atoms with Crippen LogP contribution in [-0.4, -0.2) is 20.5 Å². The summed E-state index contributed by atoms with van der Waals surface area (Å²) in [4.78, 5) is 15.9. The van der Waals surface area contributed by atoms with E-state index < -0.39 is 11.6 Å². The van der Waals surface area contributed by atoms with Gasteiger partial charge in [0.15, 0.2) is 5.82 Å². The fraction of sp³-hybridized carbons (Fsp3) is 0.182. The van der Waals surface area contributed by atoms with Gasteiger partial charge in [0.2, 0.25) is 5.78 Å². The lowest BCUT2D eigenvalue weighted by Crippen LogP contribution is -2.14. The highest BCUT2D eigenvalue weighted by Crippen LogP contribution is 2.20. The molecule has 6 heteroatoms. The fourth-order valence-electron chi connectivity index (χ4n) is 1.49. The van der Waals surface area contributed by atoms with Gasteiger partial charge in [-0.2, -0.15) is 5.10 Å². The third-order valence-corrected chi connectivity index (χ3v) is 2.86. The highest BCUT2D eigenvalue weighted by molar-refractivity contribution is 9.10. The van der Waals surface area contributed by atoms with E-state index in [-0.39, 0.29) is 5.69 Å². The molecular weight excluding hydrogens is 289 g/mol. The molecule has 17 heavy (non-hydrogen) atoms. The van der Waals surface area contributed by atoms with E-state index in [1.807, 2.05) is 6.92 Å². The van der Waals surface area contributed by atoms with Gasteiger partial charge in [0.25, 0.3) is 0 Å². The van der Waals surface area contributed by atoms with Crippen LogP contribution in [0.2, 0.25) is 0 Å². The molecular formula is C11H9BrFN3O. The first-order chi connectivity index (χ1) is 8.15. The van der Waals surface area contributed by atoms with Crippen LogP contribution >= 0.6 is 15.9 Å². The van der Waals surface area contributed by atoms with E-state index in [2.05, 4.69) is 26.0 Å². The maximum atomic E-state index is 13.5. The number of nitrogens with zero attached hydrogens (tertiary/aromatic N) is 3. The monoisotopic (exact) mass is 297 g/mol. The average Bonchev–Trinajstić information content (AvgIpc) is 2.70. The second kappa shape index (κ2) is 4.75. The molecule has 0 N–H and O–H groups in total. The molecule has 0 fully saturated rings. The fourth-order valence-corrected chi connectivity index (χ4v) is 1.97. The first kappa shape index (κ1) is 11.9. The Morgan fingerprint density at radius 3 is 3.00 bits per heavy atom. The summed E-state index contributed by atoms with van der Waals surface area (Å²) in [5.41, 5.74) is 0.119. The molecule has 0 aliphatic carbocycles. The lowest BCUT2D eigenvalue weighted by atomic mass is 10.2. The molecule has 0 atom stereocenters. The molecule has 0 amide bonds. The van der Waals surface area contributed by atoms with Crippen LogP contribution in [0.25, 0.3) is 0 Å². The van der Waals surface area contributed by atoms with Crippen LogP contribution in [0.4, 0.5) is 4.39 Å². The zero-order valence-electron chi connectivity index (χ0n) is 9.02. The standard InChI is InChI=1S/C11H9BrFN3O/c1-2-16-10(7(12)6-15-16)11(17)9-8(13)4-3-5-14-9/h3-6H,2H2,1H3. The largest absolute Gasteiger partial charge is 0.285 e. The van der Waals surface area contributed by atoms with E-state index >= 15 is 0 Å². The van der Waals surface area contributed by atoms with Crippen LogP contribution in [0, 0.1) is 5.82 Å². The molecule has 2 aromatic rings. The molecule has 88 valence electrons. The number of ketones is 1. The number of aryl methyl sites for hydroxylation is 1. The Balaban J connectivity index is 2.51. The predicted molar refractivity (Wildman–Crippen MR) is 63.2 cm³/mol. The van der Waals surface area contributed by atoms with Gasteiger partial charge in [-0.25, -0.2) is 9.37 Å². The third-order valence-electron chi connectivity index (χ3n) is 2.28. The highest BCUT2D eigenvalue weighted by Gasteiger charge is 2.22. The molecule has 0 spiro atoms. The molecule has 4 nitrogen and oxygen atoms in total. The van der Waals surface area contributed by atoms with Crippen molar-refractivity contribution < 1.29 is 9.18 Å². The number of rotatable bonds is 3. The van der Waals surface area contributed by atoms with Gasteiger partial charge in [0, 0.05) is 12.7 Å². The summed E-state index contributed by atoms with van der Waals surface area (Å²) in [7, 11) is 0. The summed E-state index contributed by atoms with van der Waals surface area (Å²) < 4.78 is 15.5. The van der Waals surface area contributed by atoms with Gasteiger partial charge >= 0.3 is 0 Å². The molecule has 0 aliphatic rings. The van der Waals surface area contributed by atoms with Gasteiger partial charge in [-0.05, 0) is 35.0 Å². The Hall–Kier alpha value is -1.56. The van der Waals surface area contributed by atoms with Crippen molar-refractivity contribution >= 4 is 21.7 Å². The van der Waals surface area contributed by atoms with Crippen molar-refractivity contribution in [3.63, 3.8) is 0 Å². The Morgan fingerprint density at radius 1 is 1.59 bits per heavy atom. The zero-order chi connectivity index (χ0) is 12.4. The van der Waals surface area contributed by atoms with Gasteiger partial charge in [-0.3, -0.25) is 9.48 Å². The minimum absolute atomic E-state index is 0.191. The average molecular weight is 298 g/mol. The Labute approximate surface area is 106 Å². The summed E-state index contributed by atoms with van der Waals surface area (Å²) in [5, 5.41) is 4.01. The molecule has 0 aromatic carbocycles. The number of pyridine rings is 1. The topological polar surface area (TPSA) is 47.8 Å². The normalized spacial score (nSPS) is 10.5. The number of halogens is 2. The second-order valence-corrected chi connectivity index (χ2v) is 4.17. The Morgan fingerprint density at radius 2 is 2.35 bits per heavy atom. The van der Waals surface area contributed by atoms with Crippen LogP contribution in [0.15, 0.2) is 29.0 Å². The smallest absolute Gasteiger partial charge is 0.233 e. The second-order valence-electron chi connectivity index (χ2n) is 3.32. The van der Waals surface area contributed by atoms with Crippen molar-refractivity contribution in [1.82, 2.24) is 14.8 Å². The number of aromatic nitrogens is 3. The van der Waals surface area contributed by atoms with Crippen LogP contribution in [0.3, 0.4) is 0 Å². The van der Waals surface area contributed by atoms with Crippen molar-refractivity contribution in [1.29, 1.82) is 0 Å². The van der Waals surface area contributed by atoms with Crippen LogP contribution < -0.4 is 0 Å². The molecule has 0 radical (unpaired) electrons. The van der Waals surface area contributed by atoms with Crippen LogP contribution in [0.5, 0.6) is 0 Å². The zero-order valence-corrected chi connectivity index (χ0v) is 10.6. The molecule has 2 rings (SSSR count). The molecule has 2 aromatic heterocycles. The number of carbonyl (C=O) groups excluding carboxylic acids is 1. The Kier molecular flexibility index (Phi) is 3.33. The van der Waals surface area contributed by atoms with E-state index in [9.17, 15) is 9.18 Å². The van der Waals surface area contributed by atoms with E-state index in [1.54, 1.807) is 0 Å². The lowest BCUT2D eigenvalue weighted by molar-refractivity contribution is 0.101. The summed E-state index contributed by atoms with van der Waals surface area (Å²) in [5.74, 6) is -1.11. The minimum atomic E-state index is -0.631. The van der Waals surface area contributed by atoms with E-state index in [0.29, 0.717) is 16.7 Å². The van der Waals surface area contributed by atoms with Crippen molar-refractivity contribution in [2.45, 2.75) is 13.5 Å². The van der Waals surface area contributed by atoms with Gasteiger partial charge < -0.3 is 0 Å². The summed E-state index contributed by atoms with van der Waals surface area (Å²) in [6, 6.07) is 2.65. The van der Waals surface area contributed by atoms with Gasteiger partial charge in [0.05, 0.1) is 10.7 Å². The molecule has 0 bridgehead atoms. The first-order valence-electron chi connectivity index (χ1n) is 5.01. The maximum Gasteiger partial charge on any atom is 0.233 e. The summed E-state index contributed by atoms with van der Waals surface area (Å²) in [6.45, 7) is 2.38. The SMILES string of the molecule is CCn1ncc(Br)c1C(=O)c1ncccc1F. The van der Waals surface area contributed by atoms with Crippen molar-refractivity contribution in [2.24, 2.45) is 0 Å². The lowest BCUT2D eigenvalue weighted by Gasteiger charge is -2.04. The molecule has 0 saturated heterocycles. The van der Waals surface area contributed by atoms with Gasteiger partial charge in [0.1, 0.15) is 11.4 Å². The minimum Gasteiger partial charge on any atom is -0.285 e. The van der Waals surface area contributed by atoms with Crippen molar-refractivity contribution in [2.75, 3.05) is 0 Å². The van der Waals surface area contributed by atoms with E-state index in [0.717, 1.165) is 0 Å². The van der Waals surface area contributed by atoms with E-state index in [4.69, 9.17) is 0 Å². The summed E-state index contributed by atoms with van der Waals surface area (Å²) in [6.07, 6.45) is 2.90. The van der Waals surface area contributed by atoms with E-state index in [1.165, 1.54) is 29.2 Å². The number of hydrogen-bond acceptors (Lipinski definition) is 3. The number of carbonyl (C=O) groups is 1. The molecule has 0 saturated carbocycles. The number of hydrogen-bond donors (Lipinski definition) is 0. The van der Waals surface area contributed by atoms with Gasteiger partial charge in [-0.1, -0.05) is 0 Å². The molecule has 2 heterocycles. The Bertz CT molecular complexity index is 568. The van der Waals surface area contributed by atoms with Crippen molar-refractivity contribution in [3.8, 4) is 0 Å². The molecule has 0 aliphatic heterocycles. The quantitative estimate of drug-likeness (QED) is 0.818. The van der Waals surface area contributed by atoms with Gasteiger partial charge in [-0.15, -0.1) is 0 Å². The first-order valence-corrected chi connectivity index (χ1v) is 5.81. The van der Waals surface area contributed by atoms with Crippen LogP contribution in [-0.2, 0) is 6.54 Å². The summed E-state index contributed by atoms with van der Waals surface area (Å²) >= 11 is 3.23. The van der Waals surface area contributed by atoms with Crippen LogP contribution in [0.1, 0.15) is 23.1 Å². The third kappa shape index (κ3) is 2.12. The van der Waals surface area contributed by atoms with Crippen molar-refractivity contribution in [3.05, 3.63) is 46.2 Å². The predicted octanol–water partition coefficient (Wildman–Crippen LogP) is 2.43. The highest BCUT2D eigenvalue weighted by atomic mass is 79.9. The molecule has 0 unspecified atom stereocenters.